The van der Waals surface area contributed by atoms with Crippen molar-refractivity contribution >= 4 is 44.2 Å². The van der Waals surface area contributed by atoms with Crippen molar-refractivity contribution in [2.75, 3.05) is 43.5 Å². The normalized spacial score (nSPS) is 13.9. The number of benzene rings is 1. The highest BCUT2D eigenvalue weighted by Gasteiger charge is 2.26. The summed E-state index contributed by atoms with van der Waals surface area (Å²) in [5.74, 6) is 1.17. The number of fused-ring (bicyclic) bond motifs is 1. The summed E-state index contributed by atoms with van der Waals surface area (Å²) in [7, 11) is 1.62. The molecule has 0 bridgehead atoms. The van der Waals surface area contributed by atoms with E-state index in [9.17, 15) is 4.79 Å². The Morgan fingerprint density at radius 3 is 2.59 bits per heavy atom. The molecule has 5 rings (SSSR count). The Bertz CT molecular complexity index is 1220. The molecule has 4 heterocycles. The fraction of sp³-hybridized carbons (Fsp3) is 0.217. The molecule has 9 heteroatoms. The smallest absolute Gasteiger partial charge is 0.257 e. The number of ether oxygens (including phenoxy) is 1. The van der Waals surface area contributed by atoms with Crippen molar-refractivity contribution in [2.24, 2.45) is 0 Å². The average Bonchev–Trinajstić information content (AvgIpc) is 3.29. The summed E-state index contributed by atoms with van der Waals surface area (Å²) < 4.78 is 5.41. The zero-order valence-corrected chi connectivity index (χ0v) is 18.4. The van der Waals surface area contributed by atoms with E-state index in [0.717, 1.165) is 34.3 Å². The van der Waals surface area contributed by atoms with Crippen LogP contribution in [-0.2, 0) is 0 Å². The Labute approximate surface area is 189 Å². The van der Waals surface area contributed by atoms with Gasteiger partial charge in [-0.3, -0.25) is 4.79 Å². The van der Waals surface area contributed by atoms with Gasteiger partial charge in [-0.25, -0.2) is 15.0 Å². The molecule has 1 aliphatic rings. The van der Waals surface area contributed by atoms with Crippen LogP contribution < -0.4 is 15.0 Å². The van der Waals surface area contributed by atoms with Gasteiger partial charge in [0.25, 0.3) is 5.91 Å². The number of methoxy groups -OCH3 is 1. The molecule has 8 nitrogen and oxygen atoms in total. The topological polar surface area (TPSA) is 83.5 Å². The second-order valence-electron chi connectivity index (χ2n) is 7.33. The molecule has 0 unspecified atom stereocenters. The van der Waals surface area contributed by atoms with E-state index in [4.69, 9.17) is 4.74 Å². The van der Waals surface area contributed by atoms with Crippen LogP contribution in [0.25, 0.3) is 10.3 Å². The molecule has 0 spiro atoms. The molecule has 32 heavy (non-hydrogen) atoms. The number of rotatable bonds is 5. The molecule has 1 N–H and O–H groups in total. The molecule has 4 aromatic rings. The number of carbonyl (C=O) groups excluding carboxylic acids is 1. The van der Waals surface area contributed by atoms with E-state index in [0.29, 0.717) is 30.2 Å². The molecule has 1 fully saturated rings. The molecular formula is C23H22N6O2S. The van der Waals surface area contributed by atoms with Gasteiger partial charge in [0.2, 0.25) is 0 Å². The first-order valence-electron chi connectivity index (χ1n) is 10.3. The number of nitrogens with zero attached hydrogens (tertiary/aromatic N) is 5. The van der Waals surface area contributed by atoms with Crippen LogP contribution in [0.5, 0.6) is 5.75 Å². The Hall–Kier alpha value is -3.72. The van der Waals surface area contributed by atoms with Crippen LogP contribution in [0.4, 0.5) is 16.6 Å². The highest BCUT2D eigenvalue weighted by Crippen LogP contribution is 2.30. The van der Waals surface area contributed by atoms with Gasteiger partial charge in [-0.05, 0) is 36.4 Å². The van der Waals surface area contributed by atoms with E-state index < -0.39 is 0 Å². The predicted molar refractivity (Wildman–Crippen MR) is 126 cm³/mol. The number of aromatic nitrogens is 3. The second kappa shape index (κ2) is 8.80. The van der Waals surface area contributed by atoms with Crippen molar-refractivity contribution in [3.63, 3.8) is 0 Å². The number of para-hydroxylation sites is 2. The van der Waals surface area contributed by atoms with E-state index in [2.05, 4.69) is 25.2 Å². The van der Waals surface area contributed by atoms with Crippen molar-refractivity contribution in [1.29, 1.82) is 0 Å². The maximum Gasteiger partial charge on any atom is 0.257 e. The summed E-state index contributed by atoms with van der Waals surface area (Å²) >= 11 is 1.59. The maximum atomic E-state index is 13.3. The average molecular weight is 447 g/mol. The van der Waals surface area contributed by atoms with E-state index in [-0.39, 0.29) is 5.91 Å². The Kier molecular flexibility index (Phi) is 5.55. The monoisotopic (exact) mass is 446 g/mol. The standard InChI is InChI=1S/C23H22N6O2S/c1-31-19-9-3-2-7-17(19)26-20-16(6-4-10-24-20)22(30)28-12-14-29(15-13-28)23-27-18-8-5-11-25-21(18)32-23/h2-11H,12-15H2,1H3,(H,24,26). The Morgan fingerprint density at radius 1 is 1.00 bits per heavy atom. The first-order valence-corrected chi connectivity index (χ1v) is 11.2. The SMILES string of the molecule is COc1ccccc1Nc1ncccc1C(=O)N1CCN(c2nc3cccnc3s2)CC1. The number of hydrogen-bond donors (Lipinski definition) is 1. The van der Waals surface area contributed by atoms with Gasteiger partial charge >= 0.3 is 0 Å². The number of carbonyl (C=O) groups is 1. The fourth-order valence-electron chi connectivity index (χ4n) is 3.72. The van der Waals surface area contributed by atoms with E-state index >= 15 is 0 Å². The van der Waals surface area contributed by atoms with Crippen LogP contribution in [0.2, 0.25) is 0 Å². The van der Waals surface area contributed by atoms with Crippen molar-refractivity contribution in [3.8, 4) is 5.75 Å². The van der Waals surface area contributed by atoms with Gasteiger partial charge in [0.1, 0.15) is 21.9 Å². The number of nitrogens with one attached hydrogen (secondary N) is 1. The van der Waals surface area contributed by atoms with Gasteiger partial charge in [0, 0.05) is 38.6 Å². The predicted octanol–water partition coefficient (Wildman–Crippen LogP) is 3.80. The lowest BCUT2D eigenvalue weighted by molar-refractivity contribution is 0.0747. The largest absolute Gasteiger partial charge is 0.495 e. The highest BCUT2D eigenvalue weighted by atomic mass is 32.1. The molecule has 1 aliphatic heterocycles. The molecule has 0 aliphatic carbocycles. The summed E-state index contributed by atoms with van der Waals surface area (Å²) in [6.45, 7) is 2.68. The number of amides is 1. The number of piperazine rings is 1. The third kappa shape index (κ3) is 3.94. The molecule has 1 aromatic carbocycles. The summed E-state index contributed by atoms with van der Waals surface area (Å²) in [5, 5.41) is 4.20. The van der Waals surface area contributed by atoms with Crippen LogP contribution >= 0.6 is 11.3 Å². The lowest BCUT2D eigenvalue weighted by atomic mass is 10.2. The van der Waals surface area contributed by atoms with Crippen molar-refractivity contribution in [1.82, 2.24) is 19.9 Å². The molecular weight excluding hydrogens is 424 g/mol. The van der Waals surface area contributed by atoms with Crippen molar-refractivity contribution < 1.29 is 9.53 Å². The van der Waals surface area contributed by atoms with Gasteiger partial charge < -0.3 is 19.9 Å². The third-order valence-corrected chi connectivity index (χ3v) is 6.43. The number of hydrogen-bond acceptors (Lipinski definition) is 8. The van der Waals surface area contributed by atoms with Crippen LogP contribution in [0.3, 0.4) is 0 Å². The molecule has 1 amide bonds. The van der Waals surface area contributed by atoms with Gasteiger partial charge in [0.15, 0.2) is 5.13 Å². The molecule has 3 aromatic heterocycles. The van der Waals surface area contributed by atoms with Crippen LogP contribution in [0.1, 0.15) is 10.4 Å². The molecule has 162 valence electrons. The van der Waals surface area contributed by atoms with Crippen LogP contribution in [-0.4, -0.2) is 59.0 Å². The lowest BCUT2D eigenvalue weighted by Gasteiger charge is -2.34. The Morgan fingerprint density at radius 2 is 1.78 bits per heavy atom. The minimum Gasteiger partial charge on any atom is -0.495 e. The lowest BCUT2D eigenvalue weighted by Crippen LogP contribution is -2.48. The summed E-state index contributed by atoms with van der Waals surface area (Å²) in [4.78, 5) is 31.8. The van der Waals surface area contributed by atoms with Gasteiger partial charge in [-0.15, -0.1) is 0 Å². The third-order valence-electron chi connectivity index (χ3n) is 5.39. The maximum absolute atomic E-state index is 13.3. The number of anilines is 3. The molecule has 0 atom stereocenters. The first kappa shape index (κ1) is 20.2. The Balaban J connectivity index is 1.30. The van der Waals surface area contributed by atoms with Crippen molar-refractivity contribution in [2.45, 2.75) is 0 Å². The summed E-state index contributed by atoms with van der Waals surface area (Å²) in [6.07, 6.45) is 3.46. The quantitative estimate of drug-likeness (QED) is 0.499. The summed E-state index contributed by atoms with van der Waals surface area (Å²) in [6, 6.07) is 15.0. The molecule has 0 saturated carbocycles. The molecule has 1 saturated heterocycles. The minimum absolute atomic E-state index is 0.0406. The fourth-order valence-corrected chi connectivity index (χ4v) is 4.68. The van der Waals surface area contributed by atoms with Gasteiger partial charge in [0.05, 0.1) is 18.4 Å². The number of pyridine rings is 2. The minimum atomic E-state index is -0.0406. The zero-order valence-electron chi connectivity index (χ0n) is 17.6. The van der Waals surface area contributed by atoms with Crippen molar-refractivity contribution in [3.05, 3.63) is 66.5 Å². The van der Waals surface area contributed by atoms with Crippen LogP contribution in [0.15, 0.2) is 60.9 Å². The van der Waals surface area contributed by atoms with Gasteiger partial charge in [-0.2, -0.15) is 0 Å². The highest BCUT2D eigenvalue weighted by molar-refractivity contribution is 7.21. The second-order valence-corrected chi connectivity index (χ2v) is 8.28. The van der Waals surface area contributed by atoms with E-state index in [1.165, 1.54) is 0 Å². The first-order chi connectivity index (χ1) is 15.7. The summed E-state index contributed by atoms with van der Waals surface area (Å²) in [5.41, 5.74) is 2.21. The number of thiazole rings is 1. The van der Waals surface area contributed by atoms with E-state index in [1.807, 2.05) is 41.3 Å². The zero-order chi connectivity index (χ0) is 21.9. The van der Waals surface area contributed by atoms with Crippen LogP contribution in [0, 0.1) is 0 Å². The van der Waals surface area contributed by atoms with Gasteiger partial charge in [-0.1, -0.05) is 23.5 Å². The van der Waals surface area contributed by atoms with E-state index in [1.54, 1.807) is 43.0 Å². The molecule has 0 radical (unpaired) electrons.